The summed E-state index contributed by atoms with van der Waals surface area (Å²) in [6.45, 7) is 9.44. The number of furan rings is 1. The van der Waals surface area contributed by atoms with E-state index in [1.165, 1.54) is 50.8 Å². The van der Waals surface area contributed by atoms with E-state index >= 15 is 0 Å². The molecule has 0 fully saturated rings. The number of hydroxylamine groups is 1. The number of ketones is 1. The number of hydrogen-bond acceptors (Lipinski definition) is 6. The molecule has 8 heteroatoms. The molecule has 1 N–H and O–H groups in total. The van der Waals surface area contributed by atoms with Gasteiger partial charge in [-0.15, -0.1) is 6.08 Å². The van der Waals surface area contributed by atoms with Crippen LogP contribution in [0, 0.1) is 12.8 Å². The van der Waals surface area contributed by atoms with Crippen LogP contribution in [0.2, 0.25) is 0 Å². The molecule has 2 rings (SSSR count). The second kappa shape index (κ2) is 18.6. The van der Waals surface area contributed by atoms with Crippen LogP contribution >= 0.6 is 0 Å². The maximum atomic E-state index is 11.9. The van der Waals surface area contributed by atoms with Crippen LogP contribution in [0.1, 0.15) is 99.6 Å². The van der Waals surface area contributed by atoms with Gasteiger partial charge in [0, 0.05) is 57.7 Å². The predicted octanol–water partition coefficient (Wildman–Crippen LogP) is 7.22. The van der Waals surface area contributed by atoms with Gasteiger partial charge < -0.3 is 24.3 Å². The number of hydrogen-bond donors (Lipinski definition) is 1. The molecule has 1 unspecified atom stereocenters. The van der Waals surface area contributed by atoms with E-state index in [-0.39, 0.29) is 55.9 Å². The fourth-order valence-corrected chi connectivity index (χ4v) is 3.31. The predicted molar refractivity (Wildman–Crippen MR) is 134 cm³/mol. The van der Waals surface area contributed by atoms with Crippen molar-refractivity contribution in [1.82, 2.24) is 0 Å². The molecule has 1 atom stereocenters. The monoisotopic (exact) mass is 563 g/mol. The SMILES string of the molecule is CCCCCCc1coc(C)c1.CO[N-]/C=C\CCC(C)c1cc(O)c(C(=O)C(C)C)c(=O)o1.[Y]. The van der Waals surface area contributed by atoms with Crippen molar-refractivity contribution >= 4 is 5.78 Å². The van der Waals surface area contributed by atoms with Crippen molar-refractivity contribution in [3.8, 4) is 5.75 Å². The van der Waals surface area contributed by atoms with Gasteiger partial charge in [0.15, 0.2) is 5.78 Å². The van der Waals surface area contributed by atoms with E-state index in [9.17, 15) is 14.7 Å². The first kappa shape index (κ1) is 33.3. The number of aromatic hydroxyl groups is 1. The van der Waals surface area contributed by atoms with Gasteiger partial charge >= 0.3 is 5.63 Å². The number of unbranched alkanes of at least 4 members (excludes halogenated alkanes) is 3. The maximum absolute atomic E-state index is 11.9. The summed E-state index contributed by atoms with van der Waals surface area (Å²) in [5, 5.41) is 9.96. The van der Waals surface area contributed by atoms with Crippen LogP contribution in [0.4, 0.5) is 0 Å². The molecule has 2 heterocycles. The number of carbonyl (C=O) groups is 1. The summed E-state index contributed by atoms with van der Waals surface area (Å²) in [6.07, 6.45) is 13.2. The molecule has 0 aliphatic carbocycles. The van der Waals surface area contributed by atoms with Gasteiger partial charge in [-0.1, -0.05) is 47.0 Å². The van der Waals surface area contributed by atoms with Crippen molar-refractivity contribution in [2.75, 3.05) is 7.11 Å². The van der Waals surface area contributed by atoms with E-state index in [0.717, 1.165) is 5.76 Å². The van der Waals surface area contributed by atoms with Crippen LogP contribution in [-0.4, -0.2) is 18.0 Å². The van der Waals surface area contributed by atoms with Crippen molar-refractivity contribution in [2.45, 2.75) is 85.5 Å². The van der Waals surface area contributed by atoms with Gasteiger partial charge in [-0.25, -0.2) is 4.79 Å². The van der Waals surface area contributed by atoms with Crippen molar-refractivity contribution < 1.29 is 56.3 Å². The Morgan fingerprint density at radius 2 is 1.91 bits per heavy atom. The van der Waals surface area contributed by atoms with Crippen LogP contribution in [-0.2, 0) is 44.0 Å². The molecule has 0 spiro atoms. The number of nitrogens with zero attached hydrogens (tertiary/aromatic N) is 1. The van der Waals surface area contributed by atoms with Gasteiger partial charge in [0.25, 0.3) is 0 Å². The Labute approximate surface area is 234 Å². The van der Waals surface area contributed by atoms with Gasteiger partial charge in [0.2, 0.25) is 0 Å². The van der Waals surface area contributed by atoms with Crippen LogP contribution in [0.5, 0.6) is 5.75 Å². The quantitative estimate of drug-likeness (QED) is 0.157. The minimum absolute atomic E-state index is 0. The summed E-state index contributed by atoms with van der Waals surface area (Å²) < 4.78 is 10.4. The van der Waals surface area contributed by atoms with Crippen molar-refractivity contribution in [3.05, 3.63) is 69.2 Å². The second-order valence-electron chi connectivity index (χ2n) is 8.74. The van der Waals surface area contributed by atoms with E-state index in [0.29, 0.717) is 18.6 Å². The summed E-state index contributed by atoms with van der Waals surface area (Å²) in [7, 11) is 1.46. The average Bonchev–Trinajstić information content (AvgIpc) is 3.21. The molecule has 2 aromatic rings. The number of carbonyl (C=O) groups excluding carboxylic acids is 1. The number of aryl methyl sites for hydroxylation is 2. The Morgan fingerprint density at radius 1 is 1.20 bits per heavy atom. The first-order chi connectivity index (χ1) is 16.2. The summed E-state index contributed by atoms with van der Waals surface area (Å²) in [4.78, 5) is 28.4. The smallest absolute Gasteiger partial charge is 0.350 e. The van der Waals surface area contributed by atoms with E-state index in [2.05, 4.69) is 23.3 Å². The Balaban J connectivity index is 0.000000753. The average molecular weight is 564 g/mol. The zero-order valence-corrected chi connectivity index (χ0v) is 24.8. The first-order valence-corrected chi connectivity index (χ1v) is 12.0. The third-order valence-electron chi connectivity index (χ3n) is 5.35. The van der Waals surface area contributed by atoms with Gasteiger partial charge in [0.1, 0.15) is 22.8 Å². The molecular weight excluding hydrogens is 523 g/mol. The van der Waals surface area contributed by atoms with Gasteiger partial charge in [-0.2, -0.15) is 6.20 Å². The summed E-state index contributed by atoms with van der Waals surface area (Å²) in [5.41, 5.74) is 3.88. The molecule has 0 saturated carbocycles. The third-order valence-corrected chi connectivity index (χ3v) is 5.35. The zero-order chi connectivity index (χ0) is 25.5. The van der Waals surface area contributed by atoms with E-state index in [1.54, 1.807) is 20.0 Å². The van der Waals surface area contributed by atoms with Crippen molar-refractivity contribution in [1.29, 1.82) is 0 Å². The zero-order valence-electron chi connectivity index (χ0n) is 22.0. The number of Topliss-reactive ketones (excluding diaryl/α,β-unsaturated/α-hetero) is 1. The van der Waals surface area contributed by atoms with E-state index < -0.39 is 11.4 Å². The molecule has 7 nitrogen and oxygen atoms in total. The third kappa shape index (κ3) is 12.7. The topological polar surface area (TPSA) is 104 Å². The Bertz CT molecular complexity index is 947. The normalized spacial score (nSPS) is 11.6. The minimum atomic E-state index is -0.787. The molecule has 1 radical (unpaired) electrons. The summed E-state index contributed by atoms with van der Waals surface area (Å²) in [6, 6.07) is 3.48. The van der Waals surface area contributed by atoms with Gasteiger partial charge in [0.05, 0.1) is 6.26 Å². The van der Waals surface area contributed by atoms with Crippen LogP contribution in [0.25, 0.3) is 5.48 Å². The van der Waals surface area contributed by atoms with E-state index in [4.69, 9.17) is 8.83 Å². The van der Waals surface area contributed by atoms with Crippen molar-refractivity contribution in [2.24, 2.45) is 5.92 Å². The summed E-state index contributed by atoms with van der Waals surface area (Å²) >= 11 is 0. The van der Waals surface area contributed by atoms with Gasteiger partial charge in [-0.05, 0) is 44.2 Å². The molecule has 0 aliphatic rings. The number of rotatable bonds is 13. The largest absolute Gasteiger partial charge is 0.569 e. The molecule has 35 heavy (non-hydrogen) atoms. The minimum Gasteiger partial charge on any atom is -0.569 e. The molecule has 0 bridgehead atoms. The Kier molecular flexibility index (Phi) is 17.7. The Hall–Kier alpha value is -1.70. The summed E-state index contributed by atoms with van der Waals surface area (Å²) in [5.74, 6) is 0.192. The fraction of sp³-hybridized carbons (Fsp3) is 0.556. The van der Waals surface area contributed by atoms with Crippen molar-refractivity contribution in [3.63, 3.8) is 0 Å². The fourth-order valence-electron chi connectivity index (χ4n) is 3.31. The molecule has 193 valence electrons. The first-order valence-electron chi connectivity index (χ1n) is 12.0. The Morgan fingerprint density at radius 3 is 2.46 bits per heavy atom. The molecule has 0 amide bonds. The molecule has 0 aliphatic heterocycles. The number of allylic oxidation sites excluding steroid dienone is 1. The van der Waals surface area contributed by atoms with Crippen LogP contribution < -0.4 is 5.63 Å². The molecule has 2 aromatic heterocycles. The van der Waals surface area contributed by atoms with Crippen LogP contribution in [0.3, 0.4) is 0 Å². The van der Waals surface area contributed by atoms with Gasteiger partial charge in [-0.3, -0.25) is 4.79 Å². The van der Waals surface area contributed by atoms with E-state index in [1.807, 2.05) is 26.2 Å². The standard InChI is InChI=1S/C16H22NO5.C11H18O.Y/c1-10(2)15(19)14-12(18)9-13(22-16(14)20)11(3)7-5-6-8-17-21-4;1-3-4-5-6-7-11-8-10(2)12-9-11;/h6,8-11H,5,7H2,1-4H3,(H,18,19,20);8-9H,3-7H2,1-2H3;/q-1;;/b8-6-;;. The maximum Gasteiger partial charge on any atom is 0.350 e. The van der Waals surface area contributed by atoms with Crippen LogP contribution in [0.15, 0.2) is 44.3 Å². The molecule has 0 saturated heterocycles. The molecule has 0 aromatic carbocycles. The second-order valence-corrected chi connectivity index (χ2v) is 8.74. The molecular formula is C27H40NO6Y-.